The Morgan fingerprint density at radius 1 is 1.19 bits per heavy atom. The van der Waals surface area contributed by atoms with Crippen LogP contribution in [0.4, 0.5) is 0 Å². The summed E-state index contributed by atoms with van der Waals surface area (Å²) in [7, 11) is 0. The molecule has 0 bridgehead atoms. The van der Waals surface area contributed by atoms with Crippen LogP contribution in [-0.4, -0.2) is 44.2 Å². The number of likely N-dealkylation sites (tertiary alicyclic amines) is 1. The molecule has 1 amide bonds. The molecule has 0 saturated carbocycles. The summed E-state index contributed by atoms with van der Waals surface area (Å²) in [4.78, 5) is 23.4. The van der Waals surface area contributed by atoms with Crippen LogP contribution in [0.1, 0.15) is 39.8 Å². The first-order chi connectivity index (χ1) is 13.0. The lowest BCUT2D eigenvalue weighted by Crippen LogP contribution is -2.28. The molecule has 1 aliphatic rings. The second-order valence-electron chi connectivity index (χ2n) is 6.99. The van der Waals surface area contributed by atoms with Crippen LogP contribution in [-0.2, 0) is 6.42 Å². The van der Waals surface area contributed by atoms with E-state index in [2.05, 4.69) is 20.3 Å². The van der Waals surface area contributed by atoms with Gasteiger partial charge in [0.2, 0.25) is 5.76 Å². The number of rotatable bonds is 4. The number of aryl methyl sites for hydroxylation is 3. The lowest BCUT2D eigenvalue weighted by atomic mass is 9.98. The van der Waals surface area contributed by atoms with Crippen molar-refractivity contribution in [2.45, 2.75) is 33.6 Å². The van der Waals surface area contributed by atoms with Gasteiger partial charge in [0.1, 0.15) is 5.76 Å². The predicted octanol–water partition coefficient (Wildman–Crippen LogP) is 2.75. The van der Waals surface area contributed by atoms with Gasteiger partial charge in [0, 0.05) is 31.5 Å². The van der Waals surface area contributed by atoms with Crippen molar-refractivity contribution in [2.24, 2.45) is 5.92 Å². The molecule has 1 unspecified atom stereocenters. The minimum Gasteiger partial charge on any atom is -0.361 e. The summed E-state index contributed by atoms with van der Waals surface area (Å²) in [6.45, 7) is 6.94. The summed E-state index contributed by atoms with van der Waals surface area (Å²) >= 11 is 0. The number of nitrogens with zero attached hydrogens (tertiary/aromatic N) is 5. The van der Waals surface area contributed by atoms with Crippen molar-refractivity contribution in [2.75, 3.05) is 13.1 Å². The topological polar surface area (TPSA) is 98.2 Å². The highest BCUT2D eigenvalue weighted by atomic mass is 16.5. The molecule has 1 saturated heterocycles. The average Bonchev–Trinajstić information content (AvgIpc) is 3.37. The van der Waals surface area contributed by atoms with Gasteiger partial charge < -0.3 is 13.9 Å². The molecule has 3 aromatic heterocycles. The van der Waals surface area contributed by atoms with Crippen molar-refractivity contribution < 1.29 is 13.8 Å². The third-order valence-electron chi connectivity index (χ3n) is 4.94. The number of aromatic nitrogens is 4. The van der Waals surface area contributed by atoms with Crippen molar-refractivity contribution >= 4 is 5.91 Å². The van der Waals surface area contributed by atoms with Crippen LogP contribution < -0.4 is 0 Å². The molecule has 1 fully saturated rings. The van der Waals surface area contributed by atoms with Gasteiger partial charge in [0.05, 0.1) is 28.3 Å². The molecular weight excluding hydrogens is 346 g/mol. The van der Waals surface area contributed by atoms with Gasteiger partial charge in [0.25, 0.3) is 5.91 Å². The Morgan fingerprint density at radius 3 is 2.70 bits per heavy atom. The molecule has 4 rings (SSSR count). The zero-order valence-electron chi connectivity index (χ0n) is 15.6. The predicted molar refractivity (Wildman–Crippen MR) is 96.0 cm³/mol. The first-order valence-electron chi connectivity index (χ1n) is 8.98. The lowest BCUT2D eigenvalue weighted by Gasteiger charge is -2.15. The van der Waals surface area contributed by atoms with Crippen molar-refractivity contribution in [3.8, 4) is 11.3 Å². The van der Waals surface area contributed by atoms with Crippen LogP contribution in [0.25, 0.3) is 11.3 Å². The molecule has 0 aliphatic carbocycles. The molecule has 27 heavy (non-hydrogen) atoms. The zero-order chi connectivity index (χ0) is 19.0. The van der Waals surface area contributed by atoms with Crippen LogP contribution in [0.2, 0.25) is 0 Å². The Hall–Kier alpha value is -3.03. The van der Waals surface area contributed by atoms with Crippen molar-refractivity contribution in [1.82, 2.24) is 25.2 Å². The molecule has 0 radical (unpaired) electrons. The van der Waals surface area contributed by atoms with Gasteiger partial charge in [-0.25, -0.2) is 0 Å². The highest BCUT2D eigenvalue weighted by Gasteiger charge is 2.30. The van der Waals surface area contributed by atoms with Gasteiger partial charge in [-0.2, -0.15) is 0 Å². The van der Waals surface area contributed by atoms with E-state index in [0.29, 0.717) is 30.5 Å². The fraction of sp³-hybridized carbons (Fsp3) is 0.421. The van der Waals surface area contributed by atoms with Gasteiger partial charge in [-0.1, -0.05) is 10.3 Å². The minimum atomic E-state index is -0.108. The van der Waals surface area contributed by atoms with Gasteiger partial charge in [0.15, 0.2) is 0 Å². The van der Waals surface area contributed by atoms with E-state index in [1.807, 2.05) is 18.7 Å². The van der Waals surface area contributed by atoms with E-state index in [0.717, 1.165) is 41.2 Å². The number of carbonyl (C=O) groups is 1. The first kappa shape index (κ1) is 17.4. The monoisotopic (exact) mass is 367 g/mol. The van der Waals surface area contributed by atoms with Gasteiger partial charge in [-0.3, -0.25) is 14.8 Å². The van der Waals surface area contributed by atoms with Crippen LogP contribution in [0.5, 0.6) is 0 Å². The summed E-state index contributed by atoms with van der Waals surface area (Å²) in [5.74, 6) is 1.24. The molecule has 3 aromatic rings. The van der Waals surface area contributed by atoms with E-state index in [-0.39, 0.29) is 5.91 Å². The van der Waals surface area contributed by atoms with Crippen molar-refractivity contribution in [3.05, 3.63) is 47.1 Å². The first-order valence-corrected chi connectivity index (χ1v) is 8.98. The number of amides is 1. The number of hydrogen-bond donors (Lipinski definition) is 0. The molecule has 0 N–H and O–H groups in total. The second kappa shape index (κ2) is 6.94. The molecule has 0 spiro atoms. The minimum absolute atomic E-state index is 0.108. The fourth-order valence-corrected chi connectivity index (χ4v) is 3.62. The Balaban J connectivity index is 1.51. The molecule has 8 heteroatoms. The molecular formula is C19H21N5O3. The quantitative estimate of drug-likeness (QED) is 0.699. The highest BCUT2D eigenvalue weighted by molar-refractivity contribution is 5.91. The molecule has 0 aromatic carbocycles. The van der Waals surface area contributed by atoms with Crippen LogP contribution >= 0.6 is 0 Å². The van der Waals surface area contributed by atoms with E-state index in [4.69, 9.17) is 9.05 Å². The standard InChI is InChI=1S/C19H21N5O3/c1-11-8-16(27-22-11)19(25)24-7-4-14(10-24)9-15-18(21-6-5-20-15)17-12(2)23-26-13(17)3/h5-6,8,14H,4,7,9-10H2,1-3H3. The number of carbonyl (C=O) groups excluding carboxylic acids is 1. The van der Waals surface area contributed by atoms with Crippen LogP contribution in [0, 0.1) is 26.7 Å². The van der Waals surface area contributed by atoms with E-state index in [1.165, 1.54) is 0 Å². The molecule has 1 atom stereocenters. The molecule has 8 nitrogen and oxygen atoms in total. The van der Waals surface area contributed by atoms with E-state index < -0.39 is 0 Å². The summed E-state index contributed by atoms with van der Waals surface area (Å²) < 4.78 is 10.4. The maximum Gasteiger partial charge on any atom is 0.292 e. The van der Waals surface area contributed by atoms with Crippen LogP contribution in [0.15, 0.2) is 27.5 Å². The smallest absolute Gasteiger partial charge is 0.292 e. The highest BCUT2D eigenvalue weighted by Crippen LogP contribution is 2.30. The maximum absolute atomic E-state index is 12.5. The largest absolute Gasteiger partial charge is 0.361 e. The average molecular weight is 367 g/mol. The van der Waals surface area contributed by atoms with E-state index >= 15 is 0 Å². The van der Waals surface area contributed by atoms with E-state index in [9.17, 15) is 4.79 Å². The summed E-state index contributed by atoms with van der Waals surface area (Å²) in [6, 6.07) is 1.67. The third kappa shape index (κ3) is 3.34. The van der Waals surface area contributed by atoms with Gasteiger partial charge in [-0.05, 0) is 39.5 Å². The van der Waals surface area contributed by atoms with Crippen LogP contribution in [0.3, 0.4) is 0 Å². The summed E-state index contributed by atoms with van der Waals surface area (Å²) in [5, 5.41) is 7.82. The van der Waals surface area contributed by atoms with Gasteiger partial charge in [-0.15, -0.1) is 0 Å². The molecule has 1 aliphatic heterocycles. The second-order valence-corrected chi connectivity index (χ2v) is 6.99. The Bertz CT molecular complexity index is 958. The SMILES string of the molecule is Cc1cc(C(=O)N2CCC(Cc3nccnc3-c3c(C)noc3C)C2)on1. The van der Waals surface area contributed by atoms with Crippen molar-refractivity contribution in [3.63, 3.8) is 0 Å². The van der Waals surface area contributed by atoms with Crippen molar-refractivity contribution in [1.29, 1.82) is 0 Å². The Morgan fingerprint density at radius 2 is 2.00 bits per heavy atom. The molecule has 140 valence electrons. The molecule has 4 heterocycles. The zero-order valence-corrected chi connectivity index (χ0v) is 15.6. The Labute approximate surface area is 156 Å². The van der Waals surface area contributed by atoms with E-state index in [1.54, 1.807) is 25.4 Å². The maximum atomic E-state index is 12.5. The Kier molecular flexibility index (Phi) is 4.47. The fourth-order valence-electron chi connectivity index (χ4n) is 3.62. The normalized spacial score (nSPS) is 16.9. The summed E-state index contributed by atoms with van der Waals surface area (Å²) in [5.41, 5.74) is 4.13. The lowest BCUT2D eigenvalue weighted by molar-refractivity contribution is 0.0745. The third-order valence-corrected chi connectivity index (χ3v) is 4.94. The van der Waals surface area contributed by atoms with Gasteiger partial charge >= 0.3 is 0 Å². The summed E-state index contributed by atoms with van der Waals surface area (Å²) in [6.07, 6.45) is 5.04. The number of hydrogen-bond acceptors (Lipinski definition) is 7.